The second-order valence-electron chi connectivity index (χ2n) is 29.8. The summed E-state index contributed by atoms with van der Waals surface area (Å²) in [6.07, 6.45) is 8.82. The third-order valence-electron chi connectivity index (χ3n) is 21.0. The molecule has 3 saturated heterocycles. The van der Waals surface area contributed by atoms with Crippen LogP contribution in [0.4, 0.5) is 40.8 Å². The molecule has 33 heteroatoms. The number of nitrogens with two attached hydrogens (primary N) is 4. The molecule has 4 atom stereocenters. The molecule has 0 aliphatic carbocycles. The molecule has 4 unspecified atom stereocenters. The Bertz CT molecular complexity index is 5760. The molecule has 12 aromatic rings. The van der Waals surface area contributed by atoms with Crippen molar-refractivity contribution in [3.05, 3.63) is 286 Å². The molecule has 1 amide bonds. The molecular formula is C94H92Cl8F4N12O9. The molecule has 21 nitrogen and oxygen atoms in total. The van der Waals surface area contributed by atoms with E-state index < -0.39 is 47.7 Å². The van der Waals surface area contributed by atoms with Gasteiger partial charge in [-0.1, -0.05) is 153 Å². The first-order valence-corrected chi connectivity index (χ1v) is 43.7. The number of nitrogens with one attached hydrogen (secondary N) is 2. The number of anilines is 4. The summed E-state index contributed by atoms with van der Waals surface area (Å²) in [4.78, 5) is 33.4. The highest BCUT2D eigenvalue weighted by atomic mass is 35.5. The van der Waals surface area contributed by atoms with Crippen LogP contribution in [0.3, 0.4) is 0 Å². The van der Waals surface area contributed by atoms with Gasteiger partial charge in [0.05, 0.1) is 26.7 Å². The number of piperidine rings is 1. The number of piperazine rings is 1. The number of hydrogen-bond donors (Lipinski definition) is 7. The van der Waals surface area contributed by atoms with Gasteiger partial charge >= 0.3 is 0 Å². The fourth-order valence-corrected chi connectivity index (χ4v) is 16.8. The summed E-state index contributed by atoms with van der Waals surface area (Å²) in [6.45, 7) is 15.7. The van der Waals surface area contributed by atoms with Gasteiger partial charge in [-0.3, -0.25) is 9.69 Å². The summed E-state index contributed by atoms with van der Waals surface area (Å²) >= 11 is 49.2. The second-order valence-corrected chi connectivity index (χ2v) is 32.9. The van der Waals surface area contributed by atoms with Gasteiger partial charge in [-0.15, -0.1) is 0 Å². The van der Waals surface area contributed by atoms with Gasteiger partial charge in [0, 0.05) is 122 Å². The van der Waals surface area contributed by atoms with Crippen molar-refractivity contribution >= 4 is 122 Å². The number of amides is 1. The number of benzene rings is 8. The van der Waals surface area contributed by atoms with Gasteiger partial charge < -0.3 is 76.7 Å². The Morgan fingerprint density at radius 3 is 1.06 bits per heavy atom. The van der Waals surface area contributed by atoms with Crippen molar-refractivity contribution in [2.75, 3.05) is 95.1 Å². The number of carbonyl (C=O) groups excluding carboxylic acids is 1. The van der Waals surface area contributed by atoms with Crippen LogP contribution in [0, 0.1) is 23.3 Å². The Morgan fingerprint density at radius 2 is 0.724 bits per heavy atom. The maximum Gasteiger partial charge on any atom is 0.260 e. The van der Waals surface area contributed by atoms with Crippen molar-refractivity contribution in [3.8, 4) is 84.8 Å². The number of carbonyl (C=O) groups is 1. The summed E-state index contributed by atoms with van der Waals surface area (Å²) in [6, 6.07) is 47.9. The highest BCUT2D eigenvalue weighted by molar-refractivity contribution is 6.38. The molecule has 3 aliphatic rings. The highest BCUT2D eigenvalue weighted by Gasteiger charge is 2.27. The average Bonchev–Trinajstić information content (AvgIpc) is 0.946. The quantitative estimate of drug-likeness (QED) is 0.0196. The first kappa shape index (κ1) is 95.6. The zero-order valence-electron chi connectivity index (χ0n) is 69.4. The molecule has 8 aromatic carbocycles. The number of aliphatic hydroxyl groups is 1. The van der Waals surface area contributed by atoms with Gasteiger partial charge in [-0.25, -0.2) is 37.5 Å². The summed E-state index contributed by atoms with van der Waals surface area (Å²) in [7, 11) is 0. The predicted octanol–water partition coefficient (Wildman–Crippen LogP) is 22.6. The van der Waals surface area contributed by atoms with Crippen LogP contribution in [-0.4, -0.2) is 119 Å². The van der Waals surface area contributed by atoms with Crippen LogP contribution in [0.1, 0.15) is 106 Å². The molecule has 4 aromatic heterocycles. The summed E-state index contributed by atoms with van der Waals surface area (Å²) in [5.74, 6) is 2.11. The Morgan fingerprint density at radius 1 is 0.417 bits per heavy atom. The zero-order valence-corrected chi connectivity index (χ0v) is 75.5. The van der Waals surface area contributed by atoms with Crippen molar-refractivity contribution in [2.45, 2.75) is 90.5 Å². The predicted molar refractivity (Wildman–Crippen MR) is 497 cm³/mol. The third kappa shape index (κ3) is 25.5. The Labute approximate surface area is 773 Å². The maximum atomic E-state index is 13.9. The summed E-state index contributed by atoms with van der Waals surface area (Å²) in [5.41, 5.74) is 33.0. The average molecular weight is 1890 g/mol. The van der Waals surface area contributed by atoms with Crippen LogP contribution in [0.15, 0.2) is 195 Å². The van der Waals surface area contributed by atoms with Crippen LogP contribution < -0.4 is 66.7 Å². The lowest BCUT2D eigenvalue weighted by atomic mass is 10.1. The topological polar surface area (TPSA) is 288 Å². The number of rotatable bonds is 26. The number of pyridine rings is 4. The first-order chi connectivity index (χ1) is 61.1. The van der Waals surface area contributed by atoms with Crippen molar-refractivity contribution in [3.63, 3.8) is 0 Å². The molecule has 0 spiro atoms. The molecule has 3 fully saturated rings. The summed E-state index contributed by atoms with van der Waals surface area (Å²) in [5, 5.41) is 16.6. The molecule has 15 rings (SSSR count). The number of ether oxygens (including phenoxy) is 7. The molecule has 0 saturated carbocycles. The van der Waals surface area contributed by atoms with E-state index in [1.165, 1.54) is 61.4 Å². The number of nitrogen functional groups attached to an aromatic ring is 4. The standard InChI is InChI=1S/C25H25Cl2FN4O3.C25H26Cl2FN3O2.C24H24Cl2FN3O2.C20H17Cl2FN2O2/c1-15(23-19(26)6-7-20(28)24(23)27)35-21-12-17(13-31-25(21)29)16-2-4-18(5-3-16)34-14-22(33)32-10-8-30-9-11-32;1-16(23-20(26)8-9-21(28)24(23)27)33-22-14-18(15-30-25(22)29)17-4-6-19(7-5-17)32-13-12-31-10-2-3-11-31;1-14(22-19(25)6-7-20(27)23(22)26)31-21-12-16(13-30-24(21)28)15-2-4-17(5-3-15)32-18-8-10-29-11-9-18;1-11(18-15(21)6-7-16(23)19(18)22)27-17-8-14(9-25-20(17)24)13-4-2-12(10-26)3-5-13/h2-7,12-13,15,30H,8-11,14H2,1H3,(H2,29,31);4-9,14-16H,2-3,10-13H2,1H3,(H2,29,30);2-7,12-14,18,29H,8-11H2,1H3,(H2,28,30);2-9,11,26H,10H2,1H3,(H2,24,25). The molecule has 3 aliphatic heterocycles. The second kappa shape index (κ2) is 45.5. The lowest BCUT2D eigenvalue weighted by Gasteiger charge is -2.27. The molecule has 7 heterocycles. The number of aromatic nitrogens is 4. The molecule has 11 N–H and O–H groups in total. The maximum absolute atomic E-state index is 13.9. The van der Waals surface area contributed by atoms with Crippen LogP contribution in [0.25, 0.3) is 44.5 Å². The van der Waals surface area contributed by atoms with Crippen LogP contribution >= 0.6 is 92.8 Å². The number of hydrogen-bond acceptors (Lipinski definition) is 20. The summed E-state index contributed by atoms with van der Waals surface area (Å²) < 4.78 is 97.0. The molecule has 0 radical (unpaired) electrons. The van der Waals surface area contributed by atoms with Gasteiger partial charge in [0.25, 0.3) is 5.91 Å². The first-order valence-electron chi connectivity index (χ1n) is 40.7. The molecule has 127 heavy (non-hydrogen) atoms. The van der Waals surface area contributed by atoms with Crippen LogP contribution in [0.2, 0.25) is 40.2 Å². The zero-order chi connectivity index (χ0) is 90.5. The number of likely N-dealkylation sites (tertiary alicyclic amines) is 1. The van der Waals surface area contributed by atoms with E-state index in [-0.39, 0.29) is 73.6 Å². The SMILES string of the molecule is CC(Oc1cc(-c2ccc(CO)cc2)cnc1N)c1c(Cl)ccc(F)c1Cl.CC(Oc1cc(-c2ccc(OC3CCNCC3)cc2)cnc1N)c1c(Cl)ccc(F)c1Cl.CC(Oc1cc(-c2ccc(OCC(=O)N3CCNCC3)cc2)cnc1N)c1c(Cl)ccc(F)c1Cl.CC(Oc1cc(-c2ccc(OCCN3CCCC3)cc2)cnc1N)c1c(Cl)ccc(F)c1Cl. The Kier molecular flexibility index (Phi) is 34.2. The number of halogens is 12. The van der Waals surface area contributed by atoms with Crippen molar-refractivity contribution in [1.29, 1.82) is 0 Å². The Hall–Kier alpha value is -10.5. The van der Waals surface area contributed by atoms with E-state index in [1.54, 1.807) is 93.8 Å². The van der Waals surface area contributed by atoms with Crippen molar-refractivity contribution in [2.24, 2.45) is 0 Å². The number of nitrogens with zero attached hydrogens (tertiary/aromatic N) is 6. The van der Waals surface area contributed by atoms with Crippen molar-refractivity contribution in [1.82, 2.24) is 40.4 Å². The smallest absolute Gasteiger partial charge is 0.260 e. The fourth-order valence-electron chi connectivity index (χ4n) is 14.1. The minimum Gasteiger partial charge on any atom is -0.492 e. The molecule has 0 bridgehead atoms. The van der Waals surface area contributed by atoms with E-state index in [0.29, 0.717) is 85.8 Å². The van der Waals surface area contributed by atoms with E-state index in [4.69, 9.17) is 154 Å². The molecular weight excluding hydrogens is 1800 g/mol. The van der Waals surface area contributed by atoms with E-state index in [0.717, 1.165) is 120 Å². The van der Waals surface area contributed by atoms with Gasteiger partial charge in [0.2, 0.25) is 0 Å². The Balaban J connectivity index is 0.000000154. The largest absolute Gasteiger partial charge is 0.492 e. The van der Waals surface area contributed by atoms with Gasteiger partial charge in [-0.05, 0) is 217 Å². The van der Waals surface area contributed by atoms with Gasteiger partial charge in [-0.2, -0.15) is 0 Å². The van der Waals surface area contributed by atoms with Gasteiger partial charge in [0.1, 0.15) is 77.6 Å². The highest BCUT2D eigenvalue weighted by Crippen LogP contribution is 2.43. The van der Waals surface area contributed by atoms with Crippen molar-refractivity contribution < 1.29 is 60.6 Å². The number of aliphatic hydroxyl groups excluding tert-OH is 1. The lowest BCUT2D eigenvalue weighted by molar-refractivity contribution is -0.133. The van der Waals surface area contributed by atoms with E-state index in [1.807, 2.05) is 84.9 Å². The third-order valence-corrected chi connectivity index (χ3v) is 23.9. The van der Waals surface area contributed by atoms with Crippen LogP contribution in [0.5, 0.6) is 40.2 Å². The van der Waals surface area contributed by atoms with Crippen LogP contribution in [-0.2, 0) is 11.4 Å². The minimum absolute atomic E-state index is 0.0101. The van der Waals surface area contributed by atoms with E-state index in [9.17, 15) is 22.4 Å². The van der Waals surface area contributed by atoms with Gasteiger partial charge in [0.15, 0.2) is 52.9 Å². The fraction of sp³-hybridized carbons (Fsp3) is 0.266. The van der Waals surface area contributed by atoms with E-state index in [2.05, 4.69) is 35.5 Å². The minimum atomic E-state index is -0.672. The normalized spacial score (nSPS) is 14.3. The molecule has 666 valence electrons. The van der Waals surface area contributed by atoms with E-state index >= 15 is 0 Å². The monoisotopic (exact) mass is 1890 g/mol. The lowest BCUT2D eigenvalue weighted by Crippen LogP contribution is -2.47.